The predicted molar refractivity (Wildman–Crippen MR) is 94.7 cm³/mol. The topological polar surface area (TPSA) is 69.6 Å². The molecule has 1 aromatic heterocycles. The van der Waals surface area contributed by atoms with Gasteiger partial charge in [-0.05, 0) is 32.9 Å². The summed E-state index contributed by atoms with van der Waals surface area (Å²) < 4.78 is 12.4. The lowest BCUT2D eigenvalue weighted by atomic mass is 10.2. The molecule has 0 bridgehead atoms. The summed E-state index contributed by atoms with van der Waals surface area (Å²) in [6.07, 6.45) is 0. The van der Waals surface area contributed by atoms with Gasteiger partial charge in [-0.25, -0.2) is 4.79 Å². The number of amides is 1. The molecule has 0 aliphatic carbocycles. The minimum Gasteiger partial charge on any atom is -0.496 e. The van der Waals surface area contributed by atoms with Gasteiger partial charge in [0.2, 0.25) is 0 Å². The van der Waals surface area contributed by atoms with E-state index in [4.69, 9.17) is 9.47 Å². The van der Waals surface area contributed by atoms with Crippen LogP contribution < -0.4 is 10.1 Å². The van der Waals surface area contributed by atoms with Crippen LogP contribution in [0.2, 0.25) is 0 Å². The van der Waals surface area contributed by atoms with Crippen LogP contribution >= 0.6 is 0 Å². The Hall–Kier alpha value is -2.76. The van der Waals surface area contributed by atoms with Crippen molar-refractivity contribution in [2.75, 3.05) is 13.7 Å². The van der Waals surface area contributed by atoms with Crippen molar-refractivity contribution in [2.45, 2.75) is 33.9 Å². The molecule has 0 aliphatic heterocycles. The molecule has 0 unspecified atom stereocenters. The number of nitrogens with zero attached hydrogens (tertiary/aromatic N) is 1. The number of para-hydroxylation sites is 1. The zero-order valence-corrected chi connectivity index (χ0v) is 15.1. The average molecular weight is 344 g/mol. The number of hydrogen-bond acceptors (Lipinski definition) is 4. The van der Waals surface area contributed by atoms with E-state index in [9.17, 15) is 9.59 Å². The van der Waals surface area contributed by atoms with E-state index in [0.717, 1.165) is 23.5 Å². The normalized spacial score (nSPS) is 10.4. The molecule has 1 N–H and O–H groups in total. The molecule has 2 rings (SSSR count). The molecule has 0 atom stereocenters. The first-order valence-corrected chi connectivity index (χ1v) is 8.20. The van der Waals surface area contributed by atoms with Crippen molar-refractivity contribution in [2.24, 2.45) is 0 Å². The predicted octanol–water partition coefficient (Wildman–Crippen LogP) is 2.61. The number of esters is 1. The van der Waals surface area contributed by atoms with Crippen LogP contribution in [0.15, 0.2) is 30.3 Å². The molecule has 1 aromatic carbocycles. The third-order valence-corrected chi connectivity index (χ3v) is 4.11. The van der Waals surface area contributed by atoms with Crippen molar-refractivity contribution >= 4 is 11.9 Å². The molecule has 1 heterocycles. The molecule has 2 aromatic rings. The Morgan fingerprint density at radius 2 is 1.92 bits per heavy atom. The van der Waals surface area contributed by atoms with Crippen molar-refractivity contribution in [3.63, 3.8) is 0 Å². The number of aromatic nitrogens is 1. The van der Waals surface area contributed by atoms with Crippen molar-refractivity contribution in [1.82, 2.24) is 9.88 Å². The van der Waals surface area contributed by atoms with E-state index in [1.165, 1.54) is 0 Å². The Labute approximate surface area is 147 Å². The van der Waals surface area contributed by atoms with Crippen LogP contribution in [-0.2, 0) is 22.6 Å². The number of aryl methyl sites for hydroxylation is 1. The second-order valence-corrected chi connectivity index (χ2v) is 5.69. The number of ether oxygens (including phenoxy) is 2. The fourth-order valence-corrected chi connectivity index (χ4v) is 2.80. The smallest absolute Gasteiger partial charge is 0.340 e. The number of hydrogen-bond donors (Lipinski definition) is 1. The van der Waals surface area contributed by atoms with E-state index in [2.05, 4.69) is 5.32 Å². The van der Waals surface area contributed by atoms with E-state index in [0.29, 0.717) is 17.9 Å². The van der Waals surface area contributed by atoms with Crippen molar-refractivity contribution in [3.8, 4) is 5.75 Å². The standard InChI is InChI=1S/C19H24N2O4/c1-5-21-13(2)10-16(14(21)3)19(23)25-12-18(22)20-11-15-8-6-7-9-17(15)24-4/h6-10H,5,11-12H2,1-4H3,(H,20,22). The van der Waals surface area contributed by atoms with E-state index in [1.807, 2.05) is 49.6 Å². The zero-order chi connectivity index (χ0) is 18.4. The number of methoxy groups -OCH3 is 1. The molecule has 25 heavy (non-hydrogen) atoms. The summed E-state index contributed by atoms with van der Waals surface area (Å²) in [5, 5.41) is 2.72. The van der Waals surface area contributed by atoms with Crippen LogP contribution in [0.3, 0.4) is 0 Å². The quantitative estimate of drug-likeness (QED) is 0.784. The molecule has 6 heteroatoms. The molecular formula is C19H24N2O4. The molecule has 1 amide bonds. The maximum atomic E-state index is 12.2. The number of benzene rings is 1. The summed E-state index contributed by atoms with van der Waals surface area (Å²) in [5.41, 5.74) is 3.19. The Kier molecular flexibility index (Phi) is 6.22. The van der Waals surface area contributed by atoms with Crippen molar-refractivity contribution in [1.29, 1.82) is 0 Å². The SMILES string of the molecule is CCn1c(C)cc(C(=O)OCC(=O)NCc2ccccc2OC)c1C. The van der Waals surface area contributed by atoms with Gasteiger partial charge < -0.3 is 19.4 Å². The Bertz CT molecular complexity index is 765. The third-order valence-electron chi connectivity index (χ3n) is 4.11. The minimum absolute atomic E-state index is 0.310. The number of carbonyl (C=O) groups excluding carboxylic acids is 2. The lowest BCUT2D eigenvalue weighted by Crippen LogP contribution is -2.28. The summed E-state index contributed by atoms with van der Waals surface area (Å²) in [6, 6.07) is 9.20. The van der Waals surface area contributed by atoms with Gasteiger partial charge in [-0.3, -0.25) is 4.79 Å². The van der Waals surface area contributed by atoms with Gasteiger partial charge in [0.15, 0.2) is 6.61 Å². The van der Waals surface area contributed by atoms with Crippen molar-refractivity contribution < 1.29 is 19.1 Å². The molecule has 6 nitrogen and oxygen atoms in total. The lowest BCUT2D eigenvalue weighted by molar-refractivity contribution is -0.124. The first-order chi connectivity index (χ1) is 12.0. The zero-order valence-electron chi connectivity index (χ0n) is 15.1. The molecule has 0 radical (unpaired) electrons. The van der Waals surface area contributed by atoms with Crippen LogP contribution in [-0.4, -0.2) is 30.2 Å². The van der Waals surface area contributed by atoms with E-state index in [1.54, 1.807) is 13.2 Å². The van der Waals surface area contributed by atoms with Gasteiger partial charge in [-0.2, -0.15) is 0 Å². The molecule has 0 aliphatic rings. The maximum Gasteiger partial charge on any atom is 0.340 e. The summed E-state index contributed by atoms with van der Waals surface area (Å²) in [7, 11) is 1.58. The Balaban J connectivity index is 1.88. The molecule has 0 saturated heterocycles. The van der Waals surface area contributed by atoms with Gasteiger partial charge in [-0.15, -0.1) is 0 Å². The molecule has 0 saturated carbocycles. The number of rotatable bonds is 7. The van der Waals surface area contributed by atoms with Crippen LogP contribution in [0.5, 0.6) is 5.75 Å². The second kappa shape index (κ2) is 8.37. The highest BCUT2D eigenvalue weighted by Gasteiger charge is 2.17. The average Bonchev–Trinajstić information content (AvgIpc) is 2.91. The highest BCUT2D eigenvalue weighted by Crippen LogP contribution is 2.17. The van der Waals surface area contributed by atoms with Gasteiger partial charge in [0, 0.05) is 30.0 Å². The van der Waals surface area contributed by atoms with Crippen molar-refractivity contribution in [3.05, 3.63) is 52.8 Å². The highest BCUT2D eigenvalue weighted by atomic mass is 16.5. The molecule has 0 spiro atoms. The fourth-order valence-electron chi connectivity index (χ4n) is 2.80. The highest BCUT2D eigenvalue weighted by molar-refractivity contribution is 5.92. The van der Waals surface area contributed by atoms with Gasteiger partial charge in [0.1, 0.15) is 5.75 Å². The molecular weight excluding hydrogens is 320 g/mol. The monoisotopic (exact) mass is 344 g/mol. The number of nitrogens with one attached hydrogen (secondary N) is 1. The van der Waals surface area contributed by atoms with Gasteiger partial charge in [0.25, 0.3) is 5.91 Å². The number of carbonyl (C=O) groups is 2. The largest absolute Gasteiger partial charge is 0.496 e. The van der Waals surface area contributed by atoms with Crippen LogP contribution in [0.25, 0.3) is 0 Å². The third kappa shape index (κ3) is 4.41. The minimum atomic E-state index is -0.486. The maximum absolute atomic E-state index is 12.2. The molecule has 134 valence electrons. The van der Waals surface area contributed by atoms with E-state index < -0.39 is 5.97 Å². The van der Waals surface area contributed by atoms with E-state index >= 15 is 0 Å². The van der Waals surface area contributed by atoms with Gasteiger partial charge in [0.05, 0.1) is 12.7 Å². The van der Waals surface area contributed by atoms with Gasteiger partial charge in [-0.1, -0.05) is 18.2 Å². The molecule has 0 fully saturated rings. The van der Waals surface area contributed by atoms with E-state index in [-0.39, 0.29) is 12.5 Å². The van der Waals surface area contributed by atoms with Crippen LogP contribution in [0, 0.1) is 13.8 Å². The first kappa shape index (κ1) is 18.6. The summed E-state index contributed by atoms with van der Waals surface area (Å²) in [5.74, 6) is -0.143. The second-order valence-electron chi connectivity index (χ2n) is 5.69. The first-order valence-electron chi connectivity index (χ1n) is 8.20. The van der Waals surface area contributed by atoms with Crippen LogP contribution in [0.4, 0.5) is 0 Å². The summed E-state index contributed by atoms with van der Waals surface area (Å²) in [6.45, 7) is 6.60. The Morgan fingerprint density at radius 1 is 1.20 bits per heavy atom. The van der Waals surface area contributed by atoms with Gasteiger partial charge >= 0.3 is 5.97 Å². The summed E-state index contributed by atoms with van der Waals surface area (Å²) >= 11 is 0. The Morgan fingerprint density at radius 3 is 2.56 bits per heavy atom. The summed E-state index contributed by atoms with van der Waals surface area (Å²) in [4.78, 5) is 24.1. The fraction of sp³-hybridized carbons (Fsp3) is 0.368. The van der Waals surface area contributed by atoms with Crippen LogP contribution in [0.1, 0.15) is 34.2 Å². The lowest BCUT2D eigenvalue weighted by Gasteiger charge is -2.10.